The lowest BCUT2D eigenvalue weighted by Gasteiger charge is -2.11. The van der Waals surface area contributed by atoms with E-state index < -0.39 is 12.1 Å². The van der Waals surface area contributed by atoms with Crippen LogP contribution in [0.2, 0.25) is 0 Å². The maximum Gasteiger partial charge on any atom is 0.333 e. The van der Waals surface area contributed by atoms with Crippen molar-refractivity contribution in [2.24, 2.45) is 0 Å². The van der Waals surface area contributed by atoms with Crippen LogP contribution in [-0.4, -0.2) is 37.5 Å². The van der Waals surface area contributed by atoms with E-state index in [2.05, 4.69) is 0 Å². The average Bonchev–Trinajstić information content (AvgIpc) is 3.27. The van der Waals surface area contributed by atoms with Gasteiger partial charge in [0.15, 0.2) is 6.10 Å². The molecule has 176 valence electrons. The first-order valence-corrected chi connectivity index (χ1v) is 10.9. The van der Waals surface area contributed by atoms with Crippen LogP contribution in [0, 0.1) is 5.82 Å². The number of rotatable bonds is 11. The molecule has 3 aromatic carbocycles. The lowest BCUT2D eigenvalue weighted by Crippen LogP contribution is -2.24. The first-order valence-electron chi connectivity index (χ1n) is 10.9. The Morgan fingerprint density at radius 2 is 1.65 bits per heavy atom. The maximum atomic E-state index is 13.2. The normalized spacial score (nSPS) is 11.9. The molecule has 6 nitrogen and oxygen atoms in total. The molecule has 0 radical (unpaired) electrons. The van der Waals surface area contributed by atoms with Crippen molar-refractivity contribution in [3.63, 3.8) is 0 Å². The summed E-state index contributed by atoms with van der Waals surface area (Å²) in [5.41, 5.74) is 3.36. The Bertz CT molecular complexity index is 1230. The Hall–Kier alpha value is -3.84. The minimum Gasteiger partial charge on any atom is -0.493 e. The quantitative estimate of drug-likeness (QED) is 0.286. The molecular formula is C27H25FO6. The first kappa shape index (κ1) is 23.3. The van der Waals surface area contributed by atoms with Crippen LogP contribution in [0.5, 0.6) is 11.5 Å². The largest absolute Gasteiger partial charge is 0.493 e. The second kappa shape index (κ2) is 10.9. The van der Waals surface area contributed by atoms with Crippen molar-refractivity contribution in [3.8, 4) is 22.6 Å². The summed E-state index contributed by atoms with van der Waals surface area (Å²) in [5, 5.41) is 10.0. The molecule has 0 aliphatic heterocycles. The third-order valence-corrected chi connectivity index (χ3v) is 5.43. The van der Waals surface area contributed by atoms with Crippen LogP contribution in [0.15, 0.2) is 77.4 Å². The number of halogens is 1. The Kier molecular flexibility index (Phi) is 7.44. The molecule has 1 aromatic heterocycles. The van der Waals surface area contributed by atoms with E-state index in [-0.39, 0.29) is 5.82 Å². The molecule has 0 spiro atoms. The molecule has 4 aromatic rings. The topological polar surface area (TPSA) is 78.1 Å². The van der Waals surface area contributed by atoms with Crippen molar-refractivity contribution in [1.29, 1.82) is 0 Å². The highest BCUT2D eigenvalue weighted by Gasteiger charge is 2.16. The number of carboxylic acids is 1. The standard InChI is InChI=1S/C27H25FO6/c1-31-26(27(29)30)15-18-3-9-21(10-4-18)32-13-2-14-33-22-11-12-23-24(17-34-25(23)16-22)19-5-7-20(28)8-6-19/h3-12,16-17,26H,2,13-15H2,1H3,(H,29,30). The number of ether oxygens (including phenoxy) is 3. The summed E-state index contributed by atoms with van der Waals surface area (Å²) in [6.45, 7) is 0.954. The molecule has 1 atom stereocenters. The van der Waals surface area contributed by atoms with E-state index in [1.807, 2.05) is 42.5 Å². The Balaban J connectivity index is 1.24. The second-order valence-electron chi connectivity index (χ2n) is 7.78. The van der Waals surface area contributed by atoms with Crippen LogP contribution >= 0.6 is 0 Å². The minimum atomic E-state index is -0.984. The van der Waals surface area contributed by atoms with E-state index in [1.54, 1.807) is 18.4 Å². The highest BCUT2D eigenvalue weighted by Crippen LogP contribution is 2.32. The van der Waals surface area contributed by atoms with Gasteiger partial charge in [-0.25, -0.2) is 9.18 Å². The van der Waals surface area contributed by atoms with Crippen molar-refractivity contribution >= 4 is 16.9 Å². The Morgan fingerprint density at radius 3 is 2.32 bits per heavy atom. The van der Waals surface area contributed by atoms with Crippen molar-refractivity contribution < 1.29 is 32.9 Å². The summed E-state index contributed by atoms with van der Waals surface area (Å²) in [6.07, 6.45) is 1.78. The summed E-state index contributed by atoms with van der Waals surface area (Å²) < 4.78 is 35.4. The van der Waals surface area contributed by atoms with Gasteiger partial charge in [-0.15, -0.1) is 0 Å². The van der Waals surface area contributed by atoms with Crippen molar-refractivity contribution in [2.75, 3.05) is 20.3 Å². The molecule has 0 fully saturated rings. The molecule has 1 heterocycles. The fraction of sp³-hybridized carbons (Fsp3) is 0.222. The molecule has 7 heteroatoms. The third-order valence-electron chi connectivity index (χ3n) is 5.43. The number of aliphatic carboxylic acids is 1. The number of methoxy groups -OCH3 is 1. The molecule has 1 unspecified atom stereocenters. The Morgan fingerprint density at radius 1 is 0.971 bits per heavy atom. The van der Waals surface area contributed by atoms with Gasteiger partial charge in [0.25, 0.3) is 0 Å². The van der Waals surface area contributed by atoms with Gasteiger partial charge < -0.3 is 23.7 Å². The minimum absolute atomic E-state index is 0.274. The van der Waals surface area contributed by atoms with E-state index >= 15 is 0 Å². The molecule has 0 aliphatic carbocycles. The van der Waals surface area contributed by atoms with Gasteiger partial charge in [-0.2, -0.15) is 0 Å². The highest BCUT2D eigenvalue weighted by molar-refractivity contribution is 5.94. The van der Waals surface area contributed by atoms with E-state index in [1.165, 1.54) is 19.2 Å². The molecule has 4 rings (SSSR count). The monoisotopic (exact) mass is 464 g/mol. The van der Waals surface area contributed by atoms with Gasteiger partial charge in [0, 0.05) is 37.0 Å². The average molecular weight is 464 g/mol. The van der Waals surface area contributed by atoms with E-state index in [0.717, 1.165) is 22.1 Å². The van der Waals surface area contributed by atoms with Gasteiger partial charge in [0.05, 0.1) is 19.5 Å². The number of hydrogen-bond donors (Lipinski definition) is 1. The second-order valence-corrected chi connectivity index (χ2v) is 7.78. The van der Waals surface area contributed by atoms with Crippen LogP contribution in [0.1, 0.15) is 12.0 Å². The lowest BCUT2D eigenvalue weighted by molar-refractivity contribution is -0.148. The number of carboxylic acid groups (broad SMARTS) is 1. The Labute approximate surface area is 196 Å². The van der Waals surface area contributed by atoms with E-state index in [4.69, 9.17) is 23.7 Å². The molecule has 34 heavy (non-hydrogen) atoms. The lowest BCUT2D eigenvalue weighted by atomic mass is 10.0. The van der Waals surface area contributed by atoms with Gasteiger partial charge in [-0.3, -0.25) is 0 Å². The number of hydrogen-bond acceptors (Lipinski definition) is 5. The highest BCUT2D eigenvalue weighted by atomic mass is 19.1. The van der Waals surface area contributed by atoms with Crippen LogP contribution in [0.3, 0.4) is 0 Å². The predicted octanol–water partition coefficient (Wildman–Crippen LogP) is 5.73. The van der Waals surface area contributed by atoms with Crippen molar-refractivity contribution in [1.82, 2.24) is 0 Å². The van der Waals surface area contributed by atoms with Crippen LogP contribution in [0.25, 0.3) is 22.1 Å². The van der Waals surface area contributed by atoms with E-state index in [9.17, 15) is 9.18 Å². The number of fused-ring (bicyclic) bond motifs is 1. The van der Waals surface area contributed by atoms with Gasteiger partial charge in [-0.05, 0) is 47.5 Å². The zero-order valence-electron chi connectivity index (χ0n) is 18.7. The molecular weight excluding hydrogens is 439 g/mol. The SMILES string of the molecule is COC(Cc1ccc(OCCCOc2ccc3c(-c4ccc(F)cc4)coc3c2)cc1)C(=O)O. The number of benzene rings is 3. The summed E-state index contributed by atoms with van der Waals surface area (Å²) in [5.74, 6) is 0.146. The third kappa shape index (κ3) is 5.74. The molecule has 0 saturated carbocycles. The van der Waals surface area contributed by atoms with Crippen LogP contribution in [-0.2, 0) is 16.0 Å². The smallest absolute Gasteiger partial charge is 0.333 e. The van der Waals surface area contributed by atoms with Crippen molar-refractivity contribution in [3.05, 3.63) is 84.4 Å². The van der Waals surface area contributed by atoms with Crippen LogP contribution in [0.4, 0.5) is 4.39 Å². The molecule has 0 aliphatic rings. The number of furan rings is 1. The summed E-state index contributed by atoms with van der Waals surface area (Å²) in [6, 6.07) is 19.3. The van der Waals surface area contributed by atoms with Gasteiger partial charge in [0.1, 0.15) is 22.9 Å². The molecule has 0 amide bonds. The fourth-order valence-electron chi connectivity index (χ4n) is 3.60. The molecule has 0 saturated heterocycles. The predicted molar refractivity (Wildman–Crippen MR) is 126 cm³/mol. The van der Waals surface area contributed by atoms with Gasteiger partial charge in [-0.1, -0.05) is 24.3 Å². The van der Waals surface area contributed by atoms with Gasteiger partial charge >= 0.3 is 5.97 Å². The van der Waals surface area contributed by atoms with Crippen LogP contribution < -0.4 is 9.47 Å². The zero-order valence-corrected chi connectivity index (χ0v) is 18.7. The zero-order chi connectivity index (χ0) is 23.9. The first-order chi connectivity index (χ1) is 16.5. The van der Waals surface area contributed by atoms with Crippen molar-refractivity contribution in [2.45, 2.75) is 18.9 Å². The summed E-state index contributed by atoms with van der Waals surface area (Å²) in [4.78, 5) is 11.1. The fourth-order valence-corrected chi connectivity index (χ4v) is 3.60. The number of carbonyl (C=O) groups is 1. The summed E-state index contributed by atoms with van der Waals surface area (Å²) in [7, 11) is 1.39. The maximum absolute atomic E-state index is 13.2. The molecule has 1 N–H and O–H groups in total. The molecule has 0 bridgehead atoms. The van der Waals surface area contributed by atoms with Gasteiger partial charge in [0.2, 0.25) is 0 Å². The van der Waals surface area contributed by atoms with E-state index in [0.29, 0.717) is 43.1 Å². The summed E-state index contributed by atoms with van der Waals surface area (Å²) >= 11 is 0.